The zero-order valence-corrected chi connectivity index (χ0v) is 36.7. The molecule has 0 fully saturated rings. The van der Waals surface area contributed by atoms with Crippen LogP contribution in [-0.2, 0) is 59.3 Å². The number of hydrogen-bond donors (Lipinski definition) is 0. The minimum atomic E-state index is -3.20. The van der Waals surface area contributed by atoms with Crippen LogP contribution in [0.1, 0.15) is 91.6 Å². The second-order valence-electron chi connectivity index (χ2n) is 13.0. The largest absolute Gasteiger partial charge is 0.335 e. The second-order valence-corrected chi connectivity index (χ2v) is 19.1. The van der Waals surface area contributed by atoms with Gasteiger partial charge in [-0.1, -0.05) is 109 Å². The lowest BCUT2D eigenvalue weighted by molar-refractivity contribution is 0.218. The second kappa shape index (κ2) is 23.2. The van der Waals surface area contributed by atoms with Gasteiger partial charge in [0.15, 0.2) is 0 Å². The van der Waals surface area contributed by atoms with Gasteiger partial charge < -0.3 is 27.1 Å². The van der Waals surface area contributed by atoms with Crippen molar-refractivity contribution in [2.75, 3.05) is 39.6 Å². The predicted molar refractivity (Wildman–Crippen MR) is 236 cm³/mol. The average Bonchev–Trinajstić information content (AvgIpc) is 3.17. The first-order valence-corrected chi connectivity index (χ1v) is 24.7. The molecule has 0 spiro atoms. The minimum Gasteiger partial charge on any atom is -0.309 e. The lowest BCUT2D eigenvalue weighted by Gasteiger charge is -2.16. The molecule has 0 aliphatic carbocycles. The molecule has 0 radical (unpaired) electrons. The van der Waals surface area contributed by atoms with E-state index in [9.17, 15) is 13.7 Å². The van der Waals surface area contributed by atoms with Gasteiger partial charge in [-0.2, -0.15) is 0 Å². The molecule has 0 atom stereocenters. The highest BCUT2D eigenvalue weighted by atomic mass is 31.2. The molecule has 57 heavy (non-hydrogen) atoms. The Hall–Kier alpha value is -3.45. The zero-order chi connectivity index (χ0) is 41.2. The monoisotopic (exact) mass is 834 g/mol. The highest BCUT2D eigenvalue weighted by Crippen LogP contribution is 2.53. The molecule has 4 aromatic rings. The van der Waals surface area contributed by atoms with Crippen LogP contribution in [0.2, 0.25) is 0 Å². The summed E-state index contributed by atoms with van der Waals surface area (Å²) >= 11 is 0. The summed E-state index contributed by atoms with van der Waals surface area (Å²) in [4.78, 5) is 0. The molecule has 12 heteroatoms. The Balaban J connectivity index is 1.58. The Morgan fingerprint density at radius 3 is 0.719 bits per heavy atom. The van der Waals surface area contributed by atoms with E-state index >= 15 is 0 Å². The standard InChI is InChI=1S/C45H57O9P3/c1-7-49-55(46,50-8-2)34-40-22-13-37(14-23-40)19-28-43-31-44(29-20-38-15-24-41(25-16-38)35-56(47,51-9-3)52-10-4)33-45(32-43)30-21-39-17-26-42(27-18-39)36-57(48,53-11-5)54-12-6/h13-33H,7-12,34-36H2,1-6H3/b28-19+,29-20+,30-21+. The van der Waals surface area contributed by atoms with Gasteiger partial charge in [-0.25, -0.2) is 0 Å². The van der Waals surface area contributed by atoms with Crippen molar-refractivity contribution in [1.29, 1.82) is 0 Å². The predicted octanol–water partition coefficient (Wildman–Crippen LogP) is 13.5. The fourth-order valence-corrected chi connectivity index (χ4v) is 11.1. The lowest BCUT2D eigenvalue weighted by atomic mass is 10.0. The van der Waals surface area contributed by atoms with Gasteiger partial charge in [0.2, 0.25) is 0 Å². The Bertz CT molecular complexity index is 1790. The molecular formula is C45H57O9P3. The van der Waals surface area contributed by atoms with E-state index in [-0.39, 0.29) is 18.5 Å². The highest BCUT2D eigenvalue weighted by Gasteiger charge is 2.25. The summed E-state index contributed by atoms with van der Waals surface area (Å²) < 4.78 is 72.0. The van der Waals surface area contributed by atoms with Crippen LogP contribution in [0.4, 0.5) is 0 Å². The molecule has 0 heterocycles. The molecule has 0 saturated heterocycles. The molecule has 0 aromatic heterocycles. The van der Waals surface area contributed by atoms with Crippen molar-refractivity contribution in [3.8, 4) is 0 Å². The van der Waals surface area contributed by atoms with Crippen molar-refractivity contribution in [2.24, 2.45) is 0 Å². The maximum atomic E-state index is 13.0. The third-order valence-corrected chi connectivity index (χ3v) is 14.6. The van der Waals surface area contributed by atoms with E-state index in [1.54, 1.807) is 0 Å². The first kappa shape index (κ1) is 46.2. The van der Waals surface area contributed by atoms with E-state index in [4.69, 9.17) is 27.1 Å². The Labute approximate surface area is 339 Å². The Morgan fingerprint density at radius 2 is 0.526 bits per heavy atom. The van der Waals surface area contributed by atoms with Crippen LogP contribution in [-0.4, -0.2) is 39.6 Å². The van der Waals surface area contributed by atoms with E-state index in [0.29, 0.717) is 39.6 Å². The Kier molecular flexibility index (Phi) is 18.8. The summed E-state index contributed by atoms with van der Waals surface area (Å²) in [6.07, 6.45) is 13.0. The van der Waals surface area contributed by atoms with E-state index in [0.717, 1.165) is 50.1 Å². The van der Waals surface area contributed by atoms with Crippen molar-refractivity contribution >= 4 is 59.2 Å². The fraction of sp³-hybridized carbons (Fsp3) is 0.333. The first-order valence-electron chi connectivity index (χ1n) is 19.6. The summed E-state index contributed by atoms with van der Waals surface area (Å²) in [5.74, 6) is 0. The van der Waals surface area contributed by atoms with Crippen LogP contribution in [0.5, 0.6) is 0 Å². The SMILES string of the molecule is CCOP(=O)(Cc1ccc(/C=C/c2cc(/C=C/c3ccc(CP(=O)(OCC)OCC)cc3)cc(/C=C/c3ccc(CP(=O)(OCC)OCC)cc3)c2)cc1)OCC. The minimum absolute atomic E-state index is 0.219. The molecular weight excluding hydrogens is 777 g/mol. The molecule has 4 aromatic carbocycles. The van der Waals surface area contributed by atoms with Crippen LogP contribution < -0.4 is 0 Å². The summed E-state index contributed by atoms with van der Waals surface area (Å²) in [7, 11) is -9.59. The fourth-order valence-electron chi connectivity index (χ4n) is 6.01. The molecule has 0 amide bonds. The van der Waals surface area contributed by atoms with Gasteiger partial charge in [0.05, 0.1) is 58.1 Å². The molecule has 0 N–H and O–H groups in total. The van der Waals surface area contributed by atoms with Crippen LogP contribution in [0.15, 0.2) is 91.0 Å². The highest BCUT2D eigenvalue weighted by molar-refractivity contribution is 7.53. The van der Waals surface area contributed by atoms with Gasteiger partial charge in [0, 0.05) is 0 Å². The van der Waals surface area contributed by atoms with Gasteiger partial charge in [-0.05, 0) is 110 Å². The van der Waals surface area contributed by atoms with Crippen molar-refractivity contribution in [3.05, 3.63) is 141 Å². The zero-order valence-electron chi connectivity index (χ0n) is 34.0. The normalized spacial score (nSPS) is 12.7. The van der Waals surface area contributed by atoms with Gasteiger partial charge in [-0.15, -0.1) is 0 Å². The maximum Gasteiger partial charge on any atom is 0.335 e. The van der Waals surface area contributed by atoms with Crippen molar-refractivity contribution in [1.82, 2.24) is 0 Å². The van der Waals surface area contributed by atoms with Crippen LogP contribution >= 0.6 is 22.8 Å². The van der Waals surface area contributed by atoms with Crippen molar-refractivity contribution < 1.29 is 40.8 Å². The van der Waals surface area contributed by atoms with E-state index in [1.807, 2.05) is 114 Å². The van der Waals surface area contributed by atoms with Gasteiger partial charge in [0.25, 0.3) is 0 Å². The molecule has 4 rings (SSSR count). The van der Waals surface area contributed by atoms with E-state index < -0.39 is 22.8 Å². The van der Waals surface area contributed by atoms with Crippen LogP contribution in [0.25, 0.3) is 36.5 Å². The molecule has 0 saturated carbocycles. The maximum absolute atomic E-state index is 13.0. The van der Waals surface area contributed by atoms with Crippen molar-refractivity contribution in [2.45, 2.75) is 60.0 Å². The topological polar surface area (TPSA) is 107 Å². The third kappa shape index (κ3) is 15.7. The number of benzene rings is 4. The summed E-state index contributed by atoms with van der Waals surface area (Å²) in [6, 6.07) is 30.0. The van der Waals surface area contributed by atoms with Crippen molar-refractivity contribution in [3.63, 3.8) is 0 Å². The van der Waals surface area contributed by atoms with Gasteiger partial charge in [-0.3, -0.25) is 13.7 Å². The van der Waals surface area contributed by atoms with Gasteiger partial charge in [0.1, 0.15) is 0 Å². The van der Waals surface area contributed by atoms with E-state index in [2.05, 4.69) is 54.7 Å². The molecule has 0 aliphatic rings. The van der Waals surface area contributed by atoms with Crippen LogP contribution in [0, 0.1) is 0 Å². The smallest absolute Gasteiger partial charge is 0.309 e. The molecule has 0 bridgehead atoms. The number of hydrogen-bond acceptors (Lipinski definition) is 9. The molecule has 306 valence electrons. The molecule has 9 nitrogen and oxygen atoms in total. The summed E-state index contributed by atoms with van der Waals surface area (Å²) in [5, 5.41) is 0. The first-order chi connectivity index (χ1) is 27.4. The summed E-state index contributed by atoms with van der Waals surface area (Å²) in [6.45, 7) is 12.8. The lowest BCUT2D eigenvalue weighted by Crippen LogP contribution is -1.99. The van der Waals surface area contributed by atoms with E-state index in [1.165, 1.54) is 0 Å². The third-order valence-electron chi connectivity index (χ3n) is 8.43. The molecule has 0 aliphatic heterocycles. The molecule has 0 unspecified atom stereocenters. The average molecular weight is 835 g/mol. The Morgan fingerprint density at radius 1 is 0.333 bits per heavy atom. The van der Waals surface area contributed by atoms with Gasteiger partial charge >= 0.3 is 22.8 Å². The van der Waals surface area contributed by atoms with Crippen LogP contribution in [0.3, 0.4) is 0 Å². The number of rotatable bonds is 24. The quantitative estimate of drug-likeness (QED) is 0.0504. The summed E-state index contributed by atoms with van der Waals surface area (Å²) in [5.41, 5.74) is 8.66.